The molecular weight excluding hydrogens is 248 g/mol. The molecule has 0 aromatic carbocycles. The quantitative estimate of drug-likeness (QED) is 0.889. The summed E-state index contributed by atoms with van der Waals surface area (Å²) in [6.07, 6.45) is 4.86. The minimum atomic E-state index is 0.0824. The van der Waals surface area contributed by atoms with E-state index in [0.717, 1.165) is 29.6 Å². The van der Waals surface area contributed by atoms with Crippen LogP contribution in [0.25, 0.3) is 0 Å². The summed E-state index contributed by atoms with van der Waals surface area (Å²) in [5.74, 6) is 1.05. The highest BCUT2D eigenvalue weighted by molar-refractivity contribution is 8.14. The normalized spacial score (nSPS) is 23.2. The molecule has 6 heteroatoms. The first-order chi connectivity index (χ1) is 8.65. The first kappa shape index (κ1) is 13.4. The summed E-state index contributed by atoms with van der Waals surface area (Å²) in [6, 6.07) is 0. The number of thioether (sulfide) groups is 1. The number of aromatic nitrogens is 2. The summed E-state index contributed by atoms with van der Waals surface area (Å²) >= 11 is 1.77. The van der Waals surface area contributed by atoms with Gasteiger partial charge in [0.1, 0.15) is 0 Å². The Bertz CT molecular complexity index is 431. The fourth-order valence-electron chi connectivity index (χ4n) is 1.64. The Kier molecular flexibility index (Phi) is 4.29. The van der Waals surface area contributed by atoms with E-state index in [1.165, 1.54) is 0 Å². The first-order valence-corrected chi connectivity index (χ1v) is 7.15. The molecule has 0 spiro atoms. The lowest BCUT2D eigenvalue weighted by atomic mass is 10.0. The summed E-state index contributed by atoms with van der Waals surface area (Å²) < 4.78 is 6.89. The molecule has 1 aromatic rings. The fraction of sp³-hybridized carbons (Fsp3) is 0.667. The maximum atomic E-state index is 5.02. The van der Waals surface area contributed by atoms with E-state index in [9.17, 15) is 0 Å². The van der Waals surface area contributed by atoms with Crippen LogP contribution in [-0.4, -0.2) is 40.0 Å². The molecule has 0 aliphatic carbocycles. The van der Waals surface area contributed by atoms with Gasteiger partial charge in [-0.15, -0.1) is 0 Å². The highest BCUT2D eigenvalue weighted by Crippen LogP contribution is 2.30. The monoisotopic (exact) mass is 268 g/mol. The van der Waals surface area contributed by atoms with E-state index in [2.05, 4.69) is 24.3 Å². The third-order valence-corrected chi connectivity index (χ3v) is 4.30. The van der Waals surface area contributed by atoms with Crippen LogP contribution in [0.3, 0.4) is 0 Å². The lowest BCUT2D eigenvalue weighted by Gasteiger charge is -2.15. The molecule has 1 unspecified atom stereocenters. The third kappa shape index (κ3) is 3.26. The number of hydrogen-bond donors (Lipinski definition) is 1. The average molecular weight is 268 g/mol. The van der Waals surface area contributed by atoms with Crippen LogP contribution in [0.4, 0.5) is 5.69 Å². The van der Waals surface area contributed by atoms with Crippen molar-refractivity contribution in [1.29, 1.82) is 0 Å². The van der Waals surface area contributed by atoms with Gasteiger partial charge in [0.15, 0.2) is 5.17 Å². The van der Waals surface area contributed by atoms with Crippen molar-refractivity contribution in [2.24, 2.45) is 4.99 Å². The van der Waals surface area contributed by atoms with Gasteiger partial charge in [0.25, 0.3) is 0 Å². The van der Waals surface area contributed by atoms with Gasteiger partial charge in [0, 0.05) is 19.1 Å². The van der Waals surface area contributed by atoms with Crippen molar-refractivity contribution in [2.75, 3.05) is 24.8 Å². The Hall–Kier alpha value is -1.01. The van der Waals surface area contributed by atoms with Gasteiger partial charge in [-0.1, -0.05) is 18.7 Å². The molecule has 5 nitrogen and oxygen atoms in total. The highest BCUT2D eigenvalue weighted by atomic mass is 32.2. The molecule has 1 aliphatic heterocycles. The zero-order valence-electron chi connectivity index (χ0n) is 11.1. The number of rotatable bonds is 5. The number of methoxy groups -OCH3 is 1. The number of anilines is 1. The van der Waals surface area contributed by atoms with Crippen molar-refractivity contribution >= 4 is 22.6 Å². The number of nitrogens with zero attached hydrogens (tertiary/aromatic N) is 3. The SMILES string of the molecule is CCC1(C)CSC(Nc2cnn(CCOC)c2)=N1. The van der Waals surface area contributed by atoms with Crippen molar-refractivity contribution in [3.63, 3.8) is 0 Å². The van der Waals surface area contributed by atoms with Gasteiger partial charge in [-0.25, -0.2) is 0 Å². The molecule has 0 radical (unpaired) electrons. The molecule has 0 saturated heterocycles. The van der Waals surface area contributed by atoms with Crippen LogP contribution in [0, 0.1) is 0 Å². The second-order valence-electron chi connectivity index (χ2n) is 4.67. The summed E-state index contributed by atoms with van der Waals surface area (Å²) in [4.78, 5) is 4.71. The lowest BCUT2D eigenvalue weighted by molar-refractivity contribution is 0.183. The predicted octanol–water partition coefficient (Wildman–Crippen LogP) is 2.21. The molecule has 1 N–H and O–H groups in total. The van der Waals surface area contributed by atoms with Crippen molar-refractivity contribution in [3.05, 3.63) is 12.4 Å². The number of nitrogens with one attached hydrogen (secondary N) is 1. The fourth-order valence-corrected chi connectivity index (χ4v) is 2.83. The van der Waals surface area contributed by atoms with Crippen LogP contribution in [0.15, 0.2) is 17.4 Å². The van der Waals surface area contributed by atoms with Crippen molar-refractivity contribution < 1.29 is 4.74 Å². The molecule has 100 valence electrons. The van der Waals surface area contributed by atoms with E-state index >= 15 is 0 Å². The average Bonchev–Trinajstić information content (AvgIpc) is 2.95. The second kappa shape index (κ2) is 5.75. The van der Waals surface area contributed by atoms with Crippen LogP contribution >= 0.6 is 11.8 Å². The molecule has 2 heterocycles. The van der Waals surface area contributed by atoms with Gasteiger partial charge >= 0.3 is 0 Å². The molecule has 0 fully saturated rings. The molecule has 0 saturated carbocycles. The van der Waals surface area contributed by atoms with Crippen LogP contribution in [0.1, 0.15) is 20.3 Å². The number of ether oxygens (including phenoxy) is 1. The largest absolute Gasteiger partial charge is 0.383 e. The molecule has 1 aromatic heterocycles. The maximum absolute atomic E-state index is 5.02. The van der Waals surface area contributed by atoms with Crippen LogP contribution in [0.2, 0.25) is 0 Å². The maximum Gasteiger partial charge on any atom is 0.161 e. The van der Waals surface area contributed by atoms with E-state index in [4.69, 9.17) is 9.73 Å². The van der Waals surface area contributed by atoms with Gasteiger partial charge in [0.2, 0.25) is 0 Å². The van der Waals surface area contributed by atoms with Crippen molar-refractivity contribution in [3.8, 4) is 0 Å². The molecule has 0 bridgehead atoms. The topological polar surface area (TPSA) is 51.4 Å². The molecule has 1 aliphatic rings. The van der Waals surface area contributed by atoms with Gasteiger partial charge in [-0.3, -0.25) is 9.67 Å². The molecule has 0 amide bonds. The Morgan fingerprint density at radius 2 is 2.44 bits per heavy atom. The third-order valence-electron chi connectivity index (χ3n) is 3.06. The van der Waals surface area contributed by atoms with E-state index in [1.807, 2.05) is 17.1 Å². The summed E-state index contributed by atoms with van der Waals surface area (Å²) in [5.41, 5.74) is 1.07. The van der Waals surface area contributed by atoms with Gasteiger partial charge in [-0.05, 0) is 13.3 Å². The van der Waals surface area contributed by atoms with Gasteiger partial charge in [-0.2, -0.15) is 5.10 Å². The Morgan fingerprint density at radius 1 is 1.61 bits per heavy atom. The Balaban J connectivity index is 1.94. The number of hydrogen-bond acceptors (Lipinski definition) is 5. The summed E-state index contributed by atoms with van der Waals surface area (Å²) in [7, 11) is 1.69. The first-order valence-electron chi connectivity index (χ1n) is 6.16. The Labute approximate surface area is 112 Å². The van der Waals surface area contributed by atoms with Crippen LogP contribution in [0.5, 0.6) is 0 Å². The van der Waals surface area contributed by atoms with E-state index in [0.29, 0.717) is 6.61 Å². The van der Waals surface area contributed by atoms with E-state index in [1.54, 1.807) is 18.9 Å². The summed E-state index contributed by atoms with van der Waals surface area (Å²) in [5, 5.41) is 8.57. The molecule has 1 atom stereocenters. The van der Waals surface area contributed by atoms with Gasteiger partial charge in [0.05, 0.1) is 30.6 Å². The zero-order chi connectivity index (χ0) is 13.0. The predicted molar refractivity (Wildman–Crippen MR) is 76.3 cm³/mol. The van der Waals surface area contributed by atoms with E-state index < -0.39 is 0 Å². The van der Waals surface area contributed by atoms with Crippen LogP contribution < -0.4 is 5.32 Å². The minimum absolute atomic E-state index is 0.0824. The molecule has 2 rings (SSSR count). The molecule has 18 heavy (non-hydrogen) atoms. The zero-order valence-corrected chi connectivity index (χ0v) is 12.0. The lowest BCUT2D eigenvalue weighted by Crippen LogP contribution is -2.20. The van der Waals surface area contributed by atoms with Crippen molar-refractivity contribution in [1.82, 2.24) is 9.78 Å². The Morgan fingerprint density at radius 3 is 3.11 bits per heavy atom. The smallest absolute Gasteiger partial charge is 0.161 e. The number of aliphatic imine (C=N–C) groups is 1. The van der Waals surface area contributed by atoms with Crippen molar-refractivity contribution in [2.45, 2.75) is 32.4 Å². The van der Waals surface area contributed by atoms with Crippen LogP contribution in [-0.2, 0) is 11.3 Å². The minimum Gasteiger partial charge on any atom is -0.383 e. The second-order valence-corrected chi connectivity index (χ2v) is 5.63. The number of amidine groups is 1. The standard InChI is InChI=1S/C12H20N4OS/c1-4-12(2)9-18-11(15-12)14-10-7-13-16(8-10)5-6-17-3/h7-8H,4-6,9H2,1-3H3,(H,14,15). The van der Waals surface area contributed by atoms with E-state index in [-0.39, 0.29) is 5.54 Å². The summed E-state index contributed by atoms with van der Waals surface area (Å²) in [6.45, 7) is 5.81. The highest BCUT2D eigenvalue weighted by Gasteiger charge is 2.28. The van der Waals surface area contributed by atoms with Gasteiger partial charge < -0.3 is 10.1 Å². The molecular formula is C12H20N4OS.